The third-order valence-corrected chi connectivity index (χ3v) is 5.41. The zero-order valence-corrected chi connectivity index (χ0v) is 17.7. The van der Waals surface area contributed by atoms with Gasteiger partial charge in [0.15, 0.2) is 11.5 Å². The summed E-state index contributed by atoms with van der Waals surface area (Å²) in [5, 5.41) is 14.5. The third-order valence-electron chi connectivity index (χ3n) is 5.41. The van der Waals surface area contributed by atoms with Crippen molar-refractivity contribution in [1.29, 1.82) is 0 Å². The van der Waals surface area contributed by atoms with Crippen molar-refractivity contribution in [2.75, 3.05) is 37.5 Å². The summed E-state index contributed by atoms with van der Waals surface area (Å²) in [4.78, 5) is 26.1. The molecule has 0 bridgehead atoms. The van der Waals surface area contributed by atoms with E-state index in [4.69, 9.17) is 9.47 Å². The minimum absolute atomic E-state index is 0.0548. The summed E-state index contributed by atoms with van der Waals surface area (Å²) in [6.45, 7) is 5.53. The van der Waals surface area contributed by atoms with Crippen molar-refractivity contribution in [1.82, 2.24) is 0 Å². The van der Waals surface area contributed by atoms with Crippen molar-refractivity contribution < 1.29 is 19.2 Å². The van der Waals surface area contributed by atoms with E-state index in [-0.39, 0.29) is 11.3 Å². The standard InChI is InChI=1S/C22H27N3O5/c1-14-6-5-9-24(13-14)18-8-7-16(11-19(18)25(27)28)22(26)23-17-12-21(30-4)20(29-3)10-15(17)2/h7-8,10-12,14H,5-6,9,13H2,1-4H3,(H,23,26). The first kappa shape index (κ1) is 21.4. The minimum atomic E-state index is -0.424. The van der Waals surface area contributed by atoms with E-state index in [1.807, 2.05) is 11.8 Å². The fraction of sp³-hybridized carbons (Fsp3) is 0.409. The normalized spacial score (nSPS) is 16.1. The Balaban J connectivity index is 1.88. The number of amides is 1. The zero-order chi connectivity index (χ0) is 21.8. The van der Waals surface area contributed by atoms with E-state index >= 15 is 0 Å². The Morgan fingerprint density at radius 1 is 1.20 bits per heavy atom. The summed E-state index contributed by atoms with van der Waals surface area (Å²) in [6.07, 6.45) is 2.12. The van der Waals surface area contributed by atoms with Gasteiger partial charge >= 0.3 is 0 Å². The van der Waals surface area contributed by atoms with Gasteiger partial charge in [-0.05, 0) is 49.4 Å². The molecular formula is C22H27N3O5. The summed E-state index contributed by atoms with van der Waals surface area (Å²) in [6, 6.07) is 8.08. The van der Waals surface area contributed by atoms with E-state index in [0.29, 0.717) is 28.8 Å². The molecule has 0 saturated carbocycles. The van der Waals surface area contributed by atoms with Crippen LogP contribution < -0.4 is 19.7 Å². The summed E-state index contributed by atoms with van der Waals surface area (Å²) in [5.74, 6) is 1.10. The lowest BCUT2D eigenvalue weighted by molar-refractivity contribution is -0.384. The highest BCUT2D eigenvalue weighted by atomic mass is 16.6. The monoisotopic (exact) mass is 413 g/mol. The number of nitrogens with zero attached hydrogens (tertiary/aromatic N) is 2. The molecule has 1 fully saturated rings. The molecule has 1 aliphatic heterocycles. The van der Waals surface area contributed by atoms with E-state index in [2.05, 4.69) is 12.2 Å². The number of anilines is 2. The fourth-order valence-electron chi connectivity index (χ4n) is 3.80. The van der Waals surface area contributed by atoms with E-state index in [1.54, 1.807) is 31.4 Å². The first-order valence-electron chi connectivity index (χ1n) is 9.91. The molecule has 0 aromatic heterocycles. The van der Waals surface area contributed by atoms with Crippen LogP contribution in [0, 0.1) is 23.0 Å². The molecule has 2 aromatic carbocycles. The number of aryl methyl sites for hydroxylation is 1. The highest BCUT2D eigenvalue weighted by Crippen LogP contribution is 2.35. The number of nitrogens with one attached hydrogen (secondary N) is 1. The second-order valence-corrected chi connectivity index (χ2v) is 7.63. The van der Waals surface area contributed by atoms with Gasteiger partial charge in [0.25, 0.3) is 11.6 Å². The molecule has 0 aliphatic carbocycles. The first-order chi connectivity index (χ1) is 14.3. The molecule has 1 N–H and O–H groups in total. The number of nitro benzene ring substituents is 1. The lowest BCUT2D eigenvalue weighted by Crippen LogP contribution is -2.34. The van der Waals surface area contributed by atoms with Gasteiger partial charge in [-0.25, -0.2) is 0 Å². The Labute approximate surface area is 175 Å². The van der Waals surface area contributed by atoms with E-state index < -0.39 is 10.8 Å². The van der Waals surface area contributed by atoms with Crippen molar-refractivity contribution in [3.8, 4) is 11.5 Å². The molecule has 30 heavy (non-hydrogen) atoms. The molecule has 0 radical (unpaired) electrons. The van der Waals surface area contributed by atoms with Gasteiger partial charge in [-0.1, -0.05) is 6.92 Å². The van der Waals surface area contributed by atoms with Gasteiger partial charge in [-0.2, -0.15) is 0 Å². The van der Waals surface area contributed by atoms with Gasteiger partial charge in [-0.15, -0.1) is 0 Å². The smallest absolute Gasteiger partial charge is 0.293 e. The Bertz CT molecular complexity index is 960. The number of nitro groups is 1. The predicted molar refractivity (Wildman–Crippen MR) is 116 cm³/mol. The Morgan fingerprint density at radius 3 is 2.53 bits per heavy atom. The lowest BCUT2D eigenvalue weighted by atomic mass is 9.99. The van der Waals surface area contributed by atoms with E-state index in [9.17, 15) is 14.9 Å². The van der Waals surface area contributed by atoms with E-state index in [0.717, 1.165) is 31.5 Å². The summed E-state index contributed by atoms with van der Waals surface area (Å²) in [7, 11) is 3.06. The lowest BCUT2D eigenvalue weighted by Gasteiger charge is -2.32. The van der Waals surface area contributed by atoms with Crippen LogP contribution >= 0.6 is 0 Å². The second kappa shape index (κ2) is 9.02. The van der Waals surface area contributed by atoms with Crippen LogP contribution in [0.5, 0.6) is 11.5 Å². The number of hydrogen-bond acceptors (Lipinski definition) is 6. The second-order valence-electron chi connectivity index (χ2n) is 7.63. The molecule has 8 nitrogen and oxygen atoms in total. The third kappa shape index (κ3) is 4.48. The van der Waals surface area contributed by atoms with Crippen molar-refractivity contribution in [3.63, 3.8) is 0 Å². The maximum Gasteiger partial charge on any atom is 0.293 e. The number of carbonyl (C=O) groups excluding carboxylic acids is 1. The predicted octanol–water partition coefficient (Wildman–Crippen LogP) is 4.41. The molecule has 160 valence electrons. The Hall–Kier alpha value is -3.29. The van der Waals surface area contributed by atoms with Gasteiger partial charge in [-0.3, -0.25) is 14.9 Å². The van der Waals surface area contributed by atoms with Crippen molar-refractivity contribution in [3.05, 3.63) is 51.6 Å². The van der Waals surface area contributed by atoms with Crippen LogP contribution in [0.25, 0.3) is 0 Å². The van der Waals surface area contributed by atoms with Crippen LogP contribution in [0.4, 0.5) is 17.1 Å². The molecule has 3 rings (SSSR count). The molecule has 1 atom stereocenters. The number of hydrogen-bond donors (Lipinski definition) is 1. The van der Waals surface area contributed by atoms with Crippen LogP contribution in [-0.2, 0) is 0 Å². The van der Waals surface area contributed by atoms with Gasteiger partial charge < -0.3 is 19.7 Å². The van der Waals surface area contributed by atoms with Crippen LogP contribution in [0.15, 0.2) is 30.3 Å². The van der Waals surface area contributed by atoms with Crippen LogP contribution in [0.1, 0.15) is 35.7 Å². The van der Waals surface area contributed by atoms with Gasteiger partial charge in [0.1, 0.15) is 5.69 Å². The van der Waals surface area contributed by atoms with Crippen molar-refractivity contribution >= 4 is 23.0 Å². The highest BCUT2D eigenvalue weighted by molar-refractivity contribution is 6.05. The average molecular weight is 413 g/mol. The Morgan fingerprint density at radius 2 is 1.90 bits per heavy atom. The van der Waals surface area contributed by atoms with Crippen LogP contribution in [-0.4, -0.2) is 38.1 Å². The van der Waals surface area contributed by atoms with Crippen molar-refractivity contribution in [2.45, 2.75) is 26.7 Å². The average Bonchev–Trinajstić information content (AvgIpc) is 2.74. The molecule has 0 spiro atoms. The quantitative estimate of drug-likeness (QED) is 0.557. The molecule has 8 heteroatoms. The van der Waals surface area contributed by atoms with Crippen LogP contribution in [0.3, 0.4) is 0 Å². The number of piperidine rings is 1. The molecule has 1 aliphatic rings. The highest BCUT2D eigenvalue weighted by Gasteiger charge is 2.25. The van der Waals surface area contributed by atoms with Gasteiger partial charge in [0.05, 0.1) is 19.1 Å². The molecular weight excluding hydrogens is 386 g/mol. The molecule has 1 amide bonds. The maximum absolute atomic E-state index is 12.8. The topological polar surface area (TPSA) is 93.9 Å². The minimum Gasteiger partial charge on any atom is -0.493 e. The molecule has 1 heterocycles. The number of rotatable bonds is 6. The maximum atomic E-state index is 12.8. The summed E-state index contributed by atoms with van der Waals surface area (Å²) < 4.78 is 10.6. The van der Waals surface area contributed by atoms with Crippen molar-refractivity contribution in [2.24, 2.45) is 5.92 Å². The molecule has 1 unspecified atom stereocenters. The molecule has 1 saturated heterocycles. The number of carbonyl (C=O) groups is 1. The number of ether oxygens (including phenoxy) is 2. The van der Waals surface area contributed by atoms with Gasteiger partial charge in [0, 0.05) is 36.5 Å². The number of methoxy groups -OCH3 is 2. The molecule has 2 aromatic rings. The first-order valence-corrected chi connectivity index (χ1v) is 9.91. The summed E-state index contributed by atoms with van der Waals surface area (Å²) in [5.41, 5.74) is 2.07. The van der Waals surface area contributed by atoms with Crippen LogP contribution in [0.2, 0.25) is 0 Å². The summed E-state index contributed by atoms with van der Waals surface area (Å²) >= 11 is 0. The van der Waals surface area contributed by atoms with E-state index in [1.165, 1.54) is 13.2 Å². The number of benzene rings is 2. The SMILES string of the molecule is COc1cc(C)c(NC(=O)c2ccc(N3CCCC(C)C3)c([N+](=O)[O-])c2)cc1OC. The largest absolute Gasteiger partial charge is 0.493 e. The fourth-order valence-corrected chi connectivity index (χ4v) is 3.80. The Kier molecular flexibility index (Phi) is 6.44. The zero-order valence-electron chi connectivity index (χ0n) is 17.7. The van der Waals surface area contributed by atoms with Gasteiger partial charge in [0.2, 0.25) is 0 Å².